The molecule has 1 heterocycles. The normalized spacial score (nSPS) is 33.2. The highest BCUT2D eigenvalue weighted by Crippen LogP contribution is 2.37. The van der Waals surface area contributed by atoms with Gasteiger partial charge in [-0.15, -0.1) is 0 Å². The van der Waals surface area contributed by atoms with E-state index in [2.05, 4.69) is 15.9 Å². The Morgan fingerprint density at radius 3 is 2.29 bits per heavy atom. The Morgan fingerprint density at radius 2 is 2.07 bits per heavy atom. The number of alkyl halides is 1. The van der Waals surface area contributed by atoms with Crippen LogP contribution in [0.2, 0.25) is 0 Å². The Balaban J connectivity index is 2.83. The lowest BCUT2D eigenvalue weighted by Crippen LogP contribution is -2.38. The predicted octanol–water partition coefficient (Wildman–Crippen LogP) is 2.48. The van der Waals surface area contributed by atoms with Gasteiger partial charge < -0.3 is 9.47 Å². The van der Waals surface area contributed by atoms with Crippen LogP contribution < -0.4 is 0 Å². The number of hydrogen-bond acceptors (Lipinski definition) is 3. The fourth-order valence-electron chi connectivity index (χ4n) is 1.24. The number of rotatable bonds is 2. The summed E-state index contributed by atoms with van der Waals surface area (Å²) in [6.07, 6.45) is 0.191. The Kier molecular flexibility index (Phi) is 3.26. The molecular formula is C10H17BrO3. The molecule has 1 fully saturated rings. The molecule has 1 saturated heterocycles. The second-order valence-electron chi connectivity index (χ2n) is 4.70. The predicted molar refractivity (Wildman–Crippen MR) is 57.2 cm³/mol. The second-order valence-corrected chi connectivity index (χ2v) is 5.26. The summed E-state index contributed by atoms with van der Waals surface area (Å²) in [5.74, 6) is -0.253. The zero-order valence-corrected chi connectivity index (χ0v) is 10.7. The summed E-state index contributed by atoms with van der Waals surface area (Å²) in [4.78, 5) is 11.6. The van der Waals surface area contributed by atoms with Gasteiger partial charge in [0, 0.05) is 10.7 Å². The van der Waals surface area contributed by atoms with Crippen LogP contribution in [0.25, 0.3) is 0 Å². The third-order valence-electron chi connectivity index (χ3n) is 2.41. The summed E-state index contributed by atoms with van der Waals surface area (Å²) in [5, 5.41) is 0.488. The lowest BCUT2D eigenvalue weighted by atomic mass is 9.96. The minimum Gasteiger partial charge on any atom is -0.433 e. The van der Waals surface area contributed by atoms with Crippen molar-refractivity contribution in [2.75, 3.05) is 5.33 Å². The van der Waals surface area contributed by atoms with Crippen LogP contribution in [0, 0.1) is 5.41 Å². The monoisotopic (exact) mass is 264 g/mol. The SMILES string of the molecule is CC[C@@]1(CBr)O[C@H](C(C)(C)C)OC1=O. The van der Waals surface area contributed by atoms with E-state index in [1.165, 1.54) is 0 Å². The number of esters is 1. The third kappa shape index (κ3) is 1.96. The minimum atomic E-state index is -0.780. The molecule has 0 aromatic rings. The van der Waals surface area contributed by atoms with Crippen LogP contribution in [-0.4, -0.2) is 23.2 Å². The average Bonchev–Trinajstić information content (AvgIpc) is 2.43. The van der Waals surface area contributed by atoms with Gasteiger partial charge in [0.25, 0.3) is 0 Å². The lowest BCUT2D eigenvalue weighted by Gasteiger charge is -2.26. The molecule has 1 aliphatic heterocycles. The number of cyclic esters (lactones) is 1. The lowest BCUT2D eigenvalue weighted by molar-refractivity contribution is -0.155. The minimum absolute atomic E-state index is 0.172. The van der Waals surface area contributed by atoms with E-state index in [4.69, 9.17) is 9.47 Å². The van der Waals surface area contributed by atoms with Gasteiger partial charge in [0.05, 0.1) is 0 Å². The van der Waals surface area contributed by atoms with Crippen molar-refractivity contribution >= 4 is 21.9 Å². The van der Waals surface area contributed by atoms with Gasteiger partial charge in [-0.3, -0.25) is 0 Å². The molecule has 0 aromatic carbocycles. The van der Waals surface area contributed by atoms with E-state index in [0.717, 1.165) is 0 Å². The zero-order valence-electron chi connectivity index (χ0n) is 9.09. The van der Waals surface area contributed by atoms with Crippen LogP contribution in [0.4, 0.5) is 0 Å². The second kappa shape index (κ2) is 3.81. The van der Waals surface area contributed by atoms with E-state index in [1.54, 1.807) is 0 Å². The van der Waals surface area contributed by atoms with Crippen molar-refractivity contribution in [3.05, 3.63) is 0 Å². The van der Waals surface area contributed by atoms with Crippen molar-refractivity contribution in [2.45, 2.75) is 46.0 Å². The maximum Gasteiger partial charge on any atom is 0.341 e. The largest absolute Gasteiger partial charge is 0.433 e. The molecule has 0 unspecified atom stereocenters. The van der Waals surface area contributed by atoms with Crippen molar-refractivity contribution in [2.24, 2.45) is 5.41 Å². The van der Waals surface area contributed by atoms with Crippen LogP contribution in [0.1, 0.15) is 34.1 Å². The molecule has 0 aliphatic carbocycles. The summed E-state index contributed by atoms with van der Waals surface area (Å²) >= 11 is 3.30. The van der Waals surface area contributed by atoms with E-state index in [0.29, 0.717) is 11.8 Å². The van der Waals surface area contributed by atoms with Gasteiger partial charge in [-0.25, -0.2) is 4.79 Å². The first-order valence-corrected chi connectivity index (χ1v) is 5.93. The summed E-state index contributed by atoms with van der Waals surface area (Å²) in [5.41, 5.74) is -0.952. The van der Waals surface area contributed by atoms with E-state index in [1.807, 2.05) is 27.7 Å². The van der Waals surface area contributed by atoms with Gasteiger partial charge in [0.15, 0.2) is 5.60 Å². The topological polar surface area (TPSA) is 35.5 Å². The number of carbonyl (C=O) groups is 1. The number of hydrogen-bond donors (Lipinski definition) is 0. The van der Waals surface area contributed by atoms with Crippen molar-refractivity contribution in [1.82, 2.24) is 0 Å². The molecule has 14 heavy (non-hydrogen) atoms. The Labute approximate surface area is 93.3 Å². The first-order chi connectivity index (χ1) is 6.35. The molecule has 0 amide bonds. The number of carbonyl (C=O) groups excluding carboxylic acids is 1. The van der Waals surface area contributed by atoms with E-state index < -0.39 is 11.9 Å². The van der Waals surface area contributed by atoms with Gasteiger partial charge in [-0.05, 0) is 6.42 Å². The van der Waals surface area contributed by atoms with Crippen molar-refractivity contribution < 1.29 is 14.3 Å². The van der Waals surface area contributed by atoms with Crippen LogP contribution in [0.3, 0.4) is 0 Å². The summed E-state index contributed by atoms with van der Waals surface area (Å²) in [6, 6.07) is 0. The molecule has 0 radical (unpaired) electrons. The molecule has 0 N–H and O–H groups in total. The first kappa shape index (κ1) is 12.0. The van der Waals surface area contributed by atoms with Gasteiger partial charge in [0.1, 0.15) is 0 Å². The average molecular weight is 265 g/mol. The maximum absolute atomic E-state index is 11.6. The molecule has 0 bridgehead atoms. The molecule has 2 atom stereocenters. The fourth-order valence-corrected chi connectivity index (χ4v) is 2.00. The fraction of sp³-hybridized carbons (Fsp3) is 0.900. The highest BCUT2D eigenvalue weighted by molar-refractivity contribution is 9.09. The van der Waals surface area contributed by atoms with Crippen LogP contribution in [-0.2, 0) is 14.3 Å². The molecule has 0 spiro atoms. The Bertz CT molecular complexity index is 228. The first-order valence-electron chi connectivity index (χ1n) is 4.80. The smallest absolute Gasteiger partial charge is 0.341 e. The number of ether oxygens (including phenoxy) is 2. The highest BCUT2D eigenvalue weighted by Gasteiger charge is 2.51. The summed E-state index contributed by atoms with van der Waals surface area (Å²) in [6.45, 7) is 7.90. The van der Waals surface area contributed by atoms with Crippen LogP contribution in [0.5, 0.6) is 0 Å². The standard InChI is InChI=1S/C10H17BrO3/c1-5-10(6-11)7(12)13-8(14-10)9(2,3)4/h8H,5-6H2,1-4H3/t8-,10+/m1/s1. The molecule has 0 saturated carbocycles. The van der Waals surface area contributed by atoms with Gasteiger partial charge in [-0.1, -0.05) is 43.6 Å². The Hall–Kier alpha value is -0.0900. The van der Waals surface area contributed by atoms with Crippen molar-refractivity contribution in [3.63, 3.8) is 0 Å². The molecule has 82 valence electrons. The number of halogens is 1. The zero-order chi connectivity index (χ0) is 11.0. The van der Waals surface area contributed by atoms with E-state index >= 15 is 0 Å². The van der Waals surface area contributed by atoms with Crippen molar-refractivity contribution in [1.29, 1.82) is 0 Å². The quantitative estimate of drug-likeness (QED) is 0.568. The summed E-state index contributed by atoms with van der Waals surface area (Å²) < 4.78 is 10.9. The third-order valence-corrected chi connectivity index (χ3v) is 3.32. The van der Waals surface area contributed by atoms with Gasteiger partial charge >= 0.3 is 5.97 Å². The molecule has 1 rings (SSSR count). The molecule has 4 heteroatoms. The van der Waals surface area contributed by atoms with Crippen LogP contribution in [0.15, 0.2) is 0 Å². The molecule has 1 aliphatic rings. The van der Waals surface area contributed by atoms with E-state index in [-0.39, 0.29) is 11.4 Å². The van der Waals surface area contributed by atoms with E-state index in [9.17, 15) is 4.79 Å². The van der Waals surface area contributed by atoms with Gasteiger partial charge in [-0.2, -0.15) is 0 Å². The molecular weight excluding hydrogens is 248 g/mol. The van der Waals surface area contributed by atoms with Crippen molar-refractivity contribution in [3.8, 4) is 0 Å². The van der Waals surface area contributed by atoms with Gasteiger partial charge in [0.2, 0.25) is 6.29 Å². The maximum atomic E-state index is 11.6. The highest BCUT2D eigenvalue weighted by atomic mass is 79.9. The molecule has 0 aromatic heterocycles. The summed E-state index contributed by atoms with van der Waals surface area (Å²) in [7, 11) is 0. The molecule has 3 nitrogen and oxygen atoms in total. The Morgan fingerprint density at radius 1 is 1.50 bits per heavy atom. The van der Waals surface area contributed by atoms with Crippen LogP contribution >= 0.6 is 15.9 Å².